The molecule has 0 bridgehead atoms. The van der Waals surface area contributed by atoms with Gasteiger partial charge in [-0.3, -0.25) is 0 Å². The van der Waals surface area contributed by atoms with Crippen LogP contribution in [0.15, 0.2) is 42.5 Å². The molecule has 0 heterocycles. The van der Waals surface area contributed by atoms with Crippen molar-refractivity contribution in [1.82, 2.24) is 0 Å². The van der Waals surface area contributed by atoms with Crippen LogP contribution in [0.3, 0.4) is 0 Å². The number of anilines is 3. The van der Waals surface area contributed by atoms with Crippen LogP contribution in [0.2, 0.25) is 0 Å². The first-order chi connectivity index (χ1) is 9.11. The molecule has 4 nitrogen and oxygen atoms in total. The average Bonchev–Trinajstić information content (AvgIpc) is 2.43. The number of nitrogen functional groups attached to an aromatic ring is 1. The maximum atomic E-state index is 11.7. The van der Waals surface area contributed by atoms with E-state index in [-0.39, 0.29) is 0 Å². The fourth-order valence-electron chi connectivity index (χ4n) is 1.84. The number of benzene rings is 2. The highest BCUT2D eigenvalue weighted by atomic mass is 16.5. The molecular weight excluding hydrogens is 240 g/mol. The summed E-state index contributed by atoms with van der Waals surface area (Å²) in [5, 5.41) is 3.23. The van der Waals surface area contributed by atoms with Crippen molar-refractivity contribution >= 4 is 23.0 Å². The summed E-state index contributed by atoms with van der Waals surface area (Å²) < 4.78 is 4.73. The smallest absolute Gasteiger partial charge is 0.340 e. The van der Waals surface area contributed by atoms with Gasteiger partial charge in [0.15, 0.2) is 0 Å². The maximum absolute atomic E-state index is 11.7. The molecule has 0 aliphatic carbocycles. The SMILES string of the molecule is COC(=O)c1cc(Nc2ccccc2)cc(C)c1N. The number of esters is 1. The number of para-hydroxylation sites is 1. The number of nitrogens with two attached hydrogens (primary N) is 1. The summed E-state index contributed by atoms with van der Waals surface area (Å²) in [6, 6.07) is 13.3. The summed E-state index contributed by atoms with van der Waals surface area (Å²) in [6.45, 7) is 1.86. The first kappa shape index (κ1) is 13.0. The number of carbonyl (C=O) groups excluding carboxylic acids is 1. The molecule has 0 saturated carbocycles. The number of nitrogens with one attached hydrogen (secondary N) is 1. The van der Waals surface area contributed by atoms with E-state index in [0.29, 0.717) is 11.3 Å². The van der Waals surface area contributed by atoms with Crippen LogP contribution < -0.4 is 11.1 Å². The summed E-state index contributed by atoms with van der Waals surface area (Å²) in [5.74, 6) is -0.433. The standard InChI is InChI=1S/C15H16N2O2/c1-10-8-12(17-11-6-4-3-5-7-11)9-13(14(10)16)15(18)19-2/h3-9,17H,16H2,1-2H3. The quantitative estimate of drug-likeness (QED) is 0.654. The Hall–Kier alpha value is -2.49. The van der Waals surface area contributed by atoms with Gasteiger partial charge in [0.05, 0.1) is 12.7 Å². The van der Waals surface area contributed by atoms with Gasteiger partial charge in [-0.25, -0.2) is 4.79 Å². The monoisotopic (exact) mass is 256 g/mol. The van der Waals surface area contributed by atoms with E-state index < -0.39 is 5.97 Å². The average molecular weight is 256 g/mol. The highest BCUT2D eigenvalue weighted by Crippen LogP contribution is 2.25. The van der Waals surface area contributed by atoms with E-state index in [4.69, 9.17) is 10.5 Å². The number of rotatable bonds is 3. The molecule has 98 valence electrons. The van der Waals surface area contributed by atoms with E-state index >= 15 is 0 Å². The van der Waals surface area contributed by atoms with Crippen molar-refractivity contribution in [1.29, 1.82) is 0 Å². The molecular formula is C15H16N2O2. The normalized spacial score (nSPS) is 10.0. The van der Waals surface area contributed by atoms with Gasteiger partial charge < -0.3 is 15.8 Å². The van der Waals surface area contributed by atoms with Crippen molar-refractivity contribution in [3.63, 3.8) is 0 Å². The molecule has 0 amide bonds. The van der Waals surface area contributed by atoms with Crippen molar-refractivity contribution in [2.24, 2.45) is 0 Å². The fourth-order valence-corrected chi connectivity index (χ4v) is 1.84. The second-order valence-corrected chi connectivity index (χ2v) is 4.24. The molecule has 0 atom stereocenters. The molecule has 0 radical (unpaired) electrons. The van der Waals surface area contributed by atoms with Gasteiger partial charge in [-0.1, -0.05) is 18.2 Å². The lowest BCUT2D eigenvalue weighted by Crippen LogP contribution is -2.08. The summed E-state index contributed by atoms with van der Waals surface area (Å²) in [5.41, 5.74) is 9.30. The summed E-state index contributed by atoms with van der Waals surface area (Å²) in [4.78, 5) is 11.7. The summed E-state index contributed by atoms with van der Waals surface area (Å²) >= 11 is 0. The zero-order valence-electron chi connectivity index (χ0n) is 10.9. The Labute approximate surface area is 112 Å². The molecule has 3 N–H and O–H groups in total. The van der Waals surface area contributed by atoms with Gasteiger partial charge in [0.2, 0.25) is 0 Å². The molecule has 0 saturated heterocycles. The minimum Gasteiger partial charge on any atom is -0.465 e. The lowest BCUT2D eigenvalue weighted by molar-refractivity contribution is 0.0602. The number of hydrogen-bond donors (Lipinski definition) is 2. The van der Waals surface area contributed by atoms with Crippen molar-refractivity contribution < 1.29 is 9.53 Å². The van der Waals surface area contributed by atoms with Gasteiger partial charge >= 0.3 is 5.97 Å². The molecule has 0 aliphatic rings. The van der Waals surface area contributed by atoms with Crippen molar-refractivity contribution in [2.45, 2.75) is 6.92 Å². The molecule has 2 aromatic rings. The molecule has 2 rings (SSSR count). The van der Waals surface area contributed by atoms with Crippen LogP contribution in [0.1, 0.15) is 15.9 Å². The second-order valence-electron chi connectivity index (χ2n) is 4.24. The number of carbonyl (C=O) groups is 1. The fraction of sp³-hybridized carbons (Fsp3) is 0.133. The lowest BCUT2D eigenvalue weighted by Gasteiger charge is -2.12. The molecule has 0 aromatic heterocycles. The van der Waals surface area contributed by atoms with E-state index in [0.717, 1.165) is 16.9 Å². The Kier molecular flexibility index (Phi) is 3.71. The van der Waals surface area contributed by atoms with Crippen LogP contribution in [0.4, 0.5) is 17.1 Å². The highest BCUT2D eigenvalue weighted by molar-refractivity contribution is 5.97. The van der Waals surface area contributed by atoms with Gasteiger partial charge in [0.1, 0.15) is 0 Å². The second kappa shape index (κ2) is 5.44. The van der Waals surface area contributed by atoms with Crippen molar-refractivity contribution in [2.75, 3.05) is 18.2 Å². The van der Waals surface area contributed by atoms with Crippen LogP contribution in [-0.4, -0.2) is 13.1 Å². The van der Waals surface area contributed by atoms with Gasteiger partial charge in [0, 0.05) is 17.1 Å². The Morgan fingerprint density at radius 2 is 1.84 bits per heavy atom. The lowest BCUT2D eigenvalue weighted by atomic mass is 10.1. The molecule has 0 spiro atoms. The van der Waals surface area contributed by atoms with Crippen molar-refractivity contribution in [3.05, 3.63) is 53.6 Å². The topological polar surface area (TPSA) is 64.3 Å². The zero-order chi connectivity index (χ0) is 13.8. The largest absolute Gasteiger partial charge is 0.465 e. The minimum absolute atomic E-state index is 0.376. The van der Waals surface area contributed by atoms with Gasteiger partial charge in [-0.2, -0.15) is 0 Å². The summed E-state index contributed by atoms with van der Waals surface area (Å²) in [6.07, 6.45) is 0. The third kappa shape index (κ3) is 2.85. The Morgan fingerprint density at radius 3 is 2.47 bits per heavy atom. The predicted molar refractivity (Wildman–Crippen MR) is 76.7 cm³/mol. The number of aryl methyl sites for hydroxylation is 1. The third-order valence-corrected chi connectivity index (χ3v) is 2.85. The van der Waals surface area contributed by atoms with Crippen LogP contribution in [0.25, 0.3) is 0 Å². The van der Waals surface area contributed by atoms with Gasteiger partial charge in [0.25, 0.3) is 0 Å². The molecule has 0 fully saturated rings. The first-order valence-electron chi connectivity index (χ1n) is 5.92. The molecule has 2 aromatic carbocycles. The molecule has 19 heavy (non-hydrogen) atoms. The summed E-state index contributed by atoms with van der Waals surface area (Å²) in [7, 11) is 1.34. The van der Waals surface area contributed by atoms with Crippen LogP contribution in [-0.2, 0) is 4.74 Å². The molecule has 4 heteroatoms. The van der Waals surface area contributed by atoms with E-state index in [1.807, 2.05) is 43.3 Å². The van der Waals surface area contributed by atoms with E-state index in [2.05, 4.69) is 5.32 Å². The van der Waals surface area contributed by atoms with E-state index in [1.165, 1.54) is 7.11 Å². The molecule has 0 unspecified atom stereocenters. The van der Waals surface area contributed by atoms with Crippen LogP contribution in [0, 0.1) is 6.92 Å². The Balaban J connectivity index is 2.37. The Morgan fingerprint density at radius 1 is 1.16 bits per heavy atom. The Bertz CT molecular complexity index is 595. The molecule has 0 aliphatic heterocycles. The van der Waals surface area contributed by atoms with Gasteiger partial charge in [-0.15, -0.1) is 0 Å². The highest BCUT2D eigenvalue weighted by Gasteiger charge is 2.13. The number of methoxy groups -OCH3 is 1. The van der Waals surface area contributed by atoms with Crippen molar-refractivity contribution in [3.8, 4) is 0 Å². The van der Waals surface area contributed by atoms with Crippen LogP contribution >= 0.6 is 0 Å². The first-order valence-corrected chi connectivity index (χ1v) is 5.92. The number of ether oxygens (including phenoxy) is 1. The third-order valence-electron chi connectivity index (χ3n) is 2.85. The van der Waals surface area contributed by atoms with Gasteiger partial charge in [-0.05, 0) is 36.8 Å². The van der Waals surface area contributed by atoms with Crippen LogP contribution in [0.5, 0.6) is 0 Å². The maximum Gasteiger partial charge on any atom is 0.340 e. The van der Waals surface area contributed by atoms with E-state index in [9.17, 15) is 4.79 Å². The van der Waals surface area contributed by atoms with E-state index in [1.54, 1.807) is 6.07 Å². The zero-order valence-corrected chi connectivity index (χ0v) is 10.9. The number of hydrogen-bond acceptors (Lipinski definition) is 4. The predicted octanol–water partition coefficient (Wildman–Crippen LogP) is 3.11. The minimum atomic E-state index is -0.433.